The maximum Gasteiger partial charge on any atom is 0.150 e. The van der Waals surface area contributed by atoms with Crippen molar-refractivity contribution in [3.05, 3.63) is 54.9 Å². The number of likely N-dealkylation sites (tertiary alicyclic amines) is 1. The van der Waals surface area contributed by atoms with Gasteiger partial charge in [-0.1, -0.05) is 0 Å². The van der Waals surface area contributed by atoms with Crippen LogP contribution in [0.5, 0.6) is 0 Å². The molecule has 1 aliphatic heterocycles. The third-order valence-corrected chi connectivity index (χ3v) is 4.72. The Morgan fingerprint density at radius 3 is 2.69 bits per heavy atom. The standard InChI is InChI=1S/C18H22N8/c1-25-13-20-7-15(25)12-26-6-2-3-14(11-26)16-8-23-18(10-22-16)24-17-9-19-4-5-21-17/h4-5,7-10,13-14H,2-3,6,11-12H2,1H3,(H,21,23,24)/t14-/m0/s1. The fourth-order valence-corrected chi connectivity index (χ4v) is 3.31. The Labute approximate surface area is 152 Å². The molecule has 0 amide bonds. The summed E-state index contributed by atoms with van der Waals surface area (Å²) in [5.41, 5.74) is 2.28. The van der Waals surface area contributed by atoms with Gasteiger partial charge in [0.05, 0.1) is 36.3 Å². The van der Waals surface area contributed by atoms with E-state index in [0.29, 0.717) is 17.6 Å². The fourth-order valence-electron chi connectivity index (χ4n) is 3.31. The zero-order valence-electron chi connectivity index (χ0n) is 14.8. The summed E-state index contributed by atoms with van der Waals surface area (Å²) < 4.78 is 2.08. The largest absolute Gasteiger partial charge is 0.337 e. The molecule has 1 aliphatic rings. The fraction of sp³-hybridized carbons (Fsp3) is 0.389. The second kappa shape index (κ2) is 7.57. The van der Waals surface area contributed by atoms with Crippen molar-refractivity contribution in [1.29, 1.82) is 0 Å². The molecule has 4 heterocycles. The Morgan fingerprint density at radius 2 is 1.96 bits per heavy atom. The van der Waals surface area contributed by atoms with Crippen LogP contribution in [-0.4, -0.2) is 47.5 Å². The second-order valence-corrected chi connectivity index (χ2v) is 6.61. The first kappa shape index (κ1) is 16.6. The van der Waals surface area contributed by atoms with Gasteiger partial charge in [-0.3, -0.25) is 14.9 Å². The molecule has 26 heavy (non-hydrogen) atoms. The highest BCUT2D eigenvalue weighted by Gasteiger charge is 2.23. The summed E-state index contributed by atoms with van der Waals surface area (Å²) in [6.45, 7) is 3.03. The van der Waals surface area contributed by atoms with Crippen LogP contribution in [0.25, 0.3) is 0 Å². The molecule has 8 heteroatoms. The van der Waals surface area contributed by atoms with Gasteiger partial charge in [0.15, 0.2) is 0 Å². The summed E-state index contributed by atoms with van der Waals surface area (Å²) in [5.74, 6) is 1.75. The molecule has 1 saturated heterocycles. The number of piperidine rings is 1. The molecule has 1 N–H and O–H groups in total. The maximum absolute atomic E-state index is 4.63. The van der Waals surface area contributed by atoms with Crippen molar-refractivity contribution < 1.29 is 0 Å². The lowest BCUT2D eigenvalue weighted by Gasteiger charge is -2.32. The van der Waals surface area contributed by atoms with Gasteiger partial charge in [0.25, 0.3) is 0 Å². The molecule has 0 radical (unpaired) electrons. The number of anilines is 2. The third-order valence-electron chi connectivity index (χ3n) is 4.72. The van der Waals surface area contributed by atoms with E-state index in [1.165, 1.54) is 12.1 Å². The molecule has 0 saturated carbocycles. The zero-order valence-corrected chi connectivity index (χ0v) is 14.8. The molecular weight excluding hydrogens is 328 g/mol. The van der Waals surface area contributed by atoms with E-state index in [4.69, 9.17) is 0 Å². The molecular formula is C18H22N8. The number of nitrogens with one attached hydrogen (secondary N) is 1. The SMILES string of the molecule is Cn1cncc1CN1CCC[C@H](c2cnc(Nc3cnccn3)cn2)C1. The molecule has 1 fully saturated rings. The summed E-state index contributed by atoms with van der Waals surface area (Å²) in [6, 6.07) is 0. The van der Waals surface area contributed by atoms with Crippen LogP contribution in [0.2, 0.25) is 0 Å². The number of rotatable bonds is 5. The minimum atomic E-state index is 0.412. The molecule has 134 valence electrons. The molecule has 8 nitrogen and oxygen atoms in total. The van der Waals surface area contributed by atoms with Crippen LogP contribution in [0.1, 0.15) is 30.1 Å². The van der Waals surface area contributed by atoms with Crippen molar-refractivity contribution in [2.45, 2.75) is 25.3 Å². The lowest BCUT2D eigenvalue weighted by molar-refractivity contribution is 0.194. The molecule has 0 aromatic carbocycles. The quantitative estimate of drug-likeness (QED) is 0.754. The Hall–Kier alpha value is -2.87. The van der Waals surface area contributed by atoms with Gasteiger partial charge in [-0.15, -0.1) is 0 Å². The molecule has 0 aliphatic carbocycles. The van der Waals surface area contributed by atoms with E-state index in [2.05, 4.69) is 39.7 Å². The highest BCUT2D eigenvalue weighted by molar-refractivity contribution is 5.48. The van der Waals surface area contributed by atoms with Gasteiger partial charge in [-0.2, -0.15) is 0 Å². The van der Waals surface area contributed by atoms with Crippen LogP contribution < -0.4 is 5.32 Å². The normalized spacial score (nSPS) is 18.0. The monoisotopic (exact) mass is 350 g/mol. The topological polar surface area (TPSA) is 84.7 Å². The molecule has 0 unspecified atom stereocenters. The Bertz CT molecular complexity index is 830. The summed E-state index contributed by atoms with van der Waals surface area (Å²) in [4.78, 5) is 24.0. The summed E-state index contributed by atoms with van der Waals surface area (Å²) in [5, 5.41) is 3.11. The molecule has 1 atom stereocenters. The van der Waals surface area contributed by atoms with E-state index >= 15 is 0 Å². The predicted octanol–water partition coefficient (Wildman–Crippen LogP) is 2.12. The Morgan fingerprint density at radius 1 is 1.04 bits per heavy atom. The molecule has 0 spiro atoms. The highest BCUT2D eigenvalue weighted by atomic mass is 15.2. The summed E-state index contributed by atoms with van der Waals surface area (Å²) in [6.07, 6.45) is 14.7. The van der Waals surface area contributed by atoms with Gasteiger partial charge in [0.1, 0.15) is 11.6 Å². The van der Waals surface area contributed by atoms with Crippen molar-refractivity contribution in [3.8, 4) is 0 Å². The van der Waals surface area contributed by atoms with Gasteiger partial charge in [0.2, 0.25) is 0 Å². The van der Waals surface area contributed by atoms with Crippen molar-refractivity contribution in [2.75, 3.05) is 18.4 Å². The minimum absolute atomic E-state index is 0.412. The van der Waals surface area contributed by atoms with Crippen LogP contribution in [0.4, 0.5) is 11.6 Å². The number of aryl methyl sites for hydroxylation is 1. The van der Waals surface area contributed by atoms with Gasteiger partial charge in [-0.25, -0.2) is 15.0 Å². The summed E-state index contributed by atoms with van der Waals surface area (Å²) >= 11 is 0. The number of imidazole rings is 1. The van der Waals surface area contributed by atoms with E-state index < -0.39 is 0 Å². The van der Waals surface area contributed by atoms with Crippen LogP contribution in [0.15, 0.2) is 43.5 Å². The van der Waals surface area contributed by atoms with Gasteiger partial charge < -0.3 is 9.88 Å². The average Bonchev–Trinajstić information content (AvgIpc) is 3.08. The molecule has 3 aromatic heterocycles. The maximum atomic E-state index is 4.63. The van der Waals surface area contributed by atoms with Crippen LogP contribution >= 0.6 is 0 Å². The average molecular weight is 350 g/mol. The number of hydrogen-bond acceptors (Lipinski definition) is 7. The second-order valence-electron chi connectivity index (χ2n) is 6.61. The van der Waals surface area contributed by atoms with Crippen molar-refractivity contribution in [3.63, 3.8) is 0 Å². The lowest BCUT2D eigenvalue weighted by atomic mass is 9.95. The first-order valence-electron chi connectivity index (χ1n) is 8.80. The van der Waals surface area contributed by atoms with Crippen LogP contribution in [0.3, 0.4) is 0 Å². The van der Waals surface area contributed by atoms with Crippen LogP contribution in [-0.2, 0) is 13.6 Å². The smallest absolute Gasteiger partial charge is 0.150 e. The molecule has 3 aromatic rings. The van der Waals surface area contributed by atoms with Crippen molar-refractivity contribution >= 4 is 11.6 Å². The van der Waals surface area contributed by atoms with Crippen molar-refractivity contribution in [2.24, 2.45) is 7.05 Å². The number of nitrogens with zero attached hydrogens (tertiary/aromatic N) is 7. The summed E-state index contributed by atoms with van der Waals surface area (Å²) in [7, 11) is 2.04. The number of hydrogen-bond donors (Lipinski definition) is 1. The zero-order chi connectivity index (χ0) is 17.8. The van der Waals surface area contributed by atoms with Gasteiger partial charge in [0, 0.05) is 44.6 Å². The van der Waals surface area contributed by atoms with E-state index in [1.807, 2.05) is 25.8 Å². The van der Waals surface area contributed by atoms with E-state index in [9.17, 15) is 0 Å². The van der Waals surface area contributed by atoms with Gasteiger partial charge in [-0.05, 0) is 19.4 Å². The first-order chi connectivity index (χ1) is 12.8. The van der Waals surface area contributed by atoms with Crippen molar-refractivity contribution in [1.82, 2.24) is 34.4 Å². The Kier molecular flexibility index (Phi) is 4.83. The van der Waals surface area contributed by atoms with E-state index in [-0.39, 0.29) is 0 Å². The lowest BCUT2D eigenvalue weighted by Crippen LogP contribution is -2.34. The molecule has 0 bridgehead atoms. The van der Waals surface area contributed by atoms with Gasteiger partial charge >= 0.3 is 0 Å². The number of aromatic nitrogens is 6. The predicted molar refractivity (Wildman–Crippen MR) is 97.8 cm³/mol. The van der Waals surface area contributed by atoms with Crippen LogP contribution in [0, 0.1) is 0 Å². The molecule has 4 rings (SSSR count). The highest BCUT2D eigenvalue weighted by Crippen LogP contribution is 2.26. The Balaban J connectivity index is 1.39. The third kappa shape index (κ3) is 3.85. The van der Waals surface area contributed by atoms with E-state index in [0.717, 1.165) is 31.7 Å². The minimum Gasteiger partial charge on any atom is -0.337 e. The van der Waals surface area contributed by atoms with E-state index in [1.54, 1.807) is 24.8 Å². The first-order valence-corrected chi connectivity index (χ1v) is 8.80.